The molecule has 2 aromatic carbocycles. The molecule has 11 nitrogen and oxygen atoms in total. The average molecular weight is 654 g/mol. The number of nitrogens with one attached hydrogen (secondary N) is 2. The second kappa shape index (κ2) is 15.4. The number of amides is 2. The predicted octanol–water partition coefficient (Wildman–Crippen LogP) is 5.24. The van der Waals surface area contributed by atoms with Crippen molar-refractivity contribution in [3.8, 4) is 0 Å². The highest BCUT2D eigenvalue weighted by Crippen LogP contribution is 2.35. The SMILES string of the molecule is CCOC(=O)c1sc(NC(=O)[C@@H](C)Sc2nnc(CNC(=O)c3ccccc3F)n2Cc2ccccc2)c(C(=O)OCC)c1C. The molecule has 0 aliphatic heterocycles. The largest absolute Gasteiger partial charge is 0.462 e. The monoisotopic (exact) mass is 653 g/mol. The third-order valence-electron chi connectivity index (χ3n) is 6.48. The van der Waals surface area contributed by atoms with Crippen LogP contribution in [0.4, 0.5) is 9.39 Å². The molecule has 0 saturated carbocycles. The number of thiophene rings is 1. The average Bonchev–Trinajstić information content (AvgIpc) is 3.55. The summed E-state index contributed by atoms with van der Waals surface area (Å²) in [5.74, 6) is -2.56. The van der Waals surface area contributed by atoms with Gasteiger partial charge in [0, 0.05) is 0 Å². The van der Waals surface area contributed by atoms with Gasteiger partial charge in [-0.25, -0.2) is 14.0 Å². The lowest BCUT2D eigenvalue weighted by molar-refractivity contribution is -0.115. The lowest BCUT2D eigenvalue weighted by atomic mass is 10.1. The van der Waals surface area contributed by atoms with Crippen molar-refractivity contribution in [3.05, 3.63) is 93.4 Å². The summed E-state index contributed by atoms with van der Waals surface area (Å²) in [7, 11) is 0. The van der Waals surface area contributed by atoms with E-state index in [0.717, 1.165) is 28.7 Å². The van der Waals surface area contributed by atoms with Gasteiger partial charge in [0.25, 0.3) is 5.91 Å². The Hall–Kier alpha value is -4.56. The number of carbonyl (C=O) groups is 4. The predicted molar refractivity (Wildman–Crippen MR) is 168 cm³/mol. The van der Waals surface area contributed by atoms with Gasteiger partial charge in [-0.15, -0.1) is 21.5 Å². The maximum absolute atomic E-state index is 14.1. The lowest BCUT2D eigenvalue weighted by Gasteiger charge is -2.14. The van der Waals surface area contributed by atoms with Gasteiger partial charge in [0.1, 0.15) is 15.7 Å². The summed E-state index contributed by atoms with van der Waals surface area (Å²) >= 11 is 2.06. The highest BCUT2D eigenvalue weighted by Gasteiger charge is 2.29. The number of aromatic nitrogens is 3. The highest BCUT2D eigenvalue weighted by atomic mass is 32.2. The standard InChI is InChI=1S/C31H32FN5O6S2/c1-5-42-29(40)24-18(3)25(30(41)43-6-2)45-28(24)34-26(38)19(4)44-31-36-35-23(37(31)17-20-12-8-7-9-13-20)16-33-27(39)21-14-10-11-15-22(21)32/h7-15,19H,5-6,16-17H2,1-4H3,(H,33,39)(H,34,38)/t19-/m1/s1. The number of thioether (sulfide) groups is 1. The first-order valence-corrected chi connectivity index (χ1v) is 15.8. The van der Waals surface area contributed by atoms with Crippen molar-refractivity contribution >= 4 is 51.9 Å². The van der Waals surface area contributed by atoms with Crippen molar-refractivity contribution in [2.75, 3.05) is 18.5 Å². The minimum Gasteiger partial charge on any atom is -0.462 e. The van der Waals surface area contributed by atoms with E-state index >= 15 is 0 Å². The molecule has 0 aliphatic carbocycles. The zero-order valence-electron chi connectivity index (χ0n) is 25.1. The number of ether oxygens (including phenoxy) is 2. The summed E-state index contributed by atoms with van der Waals surface area (Å²) in [6.45, 7) is 7.17. The number of nitrogens with zero attached hydrogens (tertiary/aromatic N) is 3. The van der Waals surface area contributed by atoms with Gasteiger partial charge >= 0.3 is 11.9 Å². The van der Waals surface area contributed by atoms with E-state index in [4.69, 9.17) is 9.47 Å². The van der Waals surface area contributed by atoms with Crippen LogP contribution in [0.3, 0.4) is 0 Å². The van der Waals surface area contributed by atoms with Gasteiger partial charge in [-0.3, -0.25) is 9.59 Å². The van der Waals surface area contributed by atoms with E-state index in [9.17, 15) is 23.6 Å². The zero-order chi connectivity index (χ0) is 32.5. The third-order valence-corrected chi connectivity index (χ3v) is 8.75. The number of halogens is 1. The van der Waals surface area contributed by atoms with Crippen LogP contribution in [-0.2, 0) is 27.4 Å². The number of anilines is 1. The van der Waals surface area contributed by atoms with Crippen molar-refractivity contribution in [1.29, 1.82) is 0 Å². The molecule has 0 fully saturated rings. The van der Waals surface area contributed by atoms with E-state index in [-0.39, 0.29) is 40.8 Å². The summed E-state index contributed by atoms with van der Waals surface area (Å²) < 4.78 is 26.2. The molecule has 45 heavy (non-hydrogen) atoms. The van der Waals surface area contributed by atoms with Crippen LogP contribution < -0.4 is 10.6 Å². The normalized spacial score (nSPS) is 11.5. The smallest absolute Gasteiger partial charge is 0.348 e. The Kier molecular flexibility index (Phi) is 11.4. The van der Waals surface area contributed by atoms with Gasteiger partial charge < -0.3 is 24.7 Å². The van der Waals surface area contributed by atoms with E-state index in [1.54, 1.807) is 38.3 Å². The van der Waals surface area contributed by atoms with Crippen LogP contribution in [0.1, 0.15) is 68.1 Å². The summed E-state index contributed by atoms with van der Waals surface area (Å²) in [4.78, 5) is 51.5. The molecule has 0 unspecified atom stereocenters. The molecule has 0 saturated heterocycles. The van der Waals surface area contributed by atoms with Gasteiger partial charge in [-0.05, 0) is 51.0 Å². The molecule has 2 amide bonds. The quantitative estimate of drug-likeness (QED) is 0.146. The Morgan fingerprint density at radius 3 is 2.33 bits per heavy atom. The first-order valence-electron chi connectivity index (χ1n) is 14.1. The number of esters is 2. The van der Waals surface area contributed by atoms with E-state index in [2.05, 4.69) is 20.8 Å². The van der Waals surface area contributed by atoms with Crippen molar-refractivity contribution in [3.63, 3.8) is 0 Å². The Bertz CT molecular complexity index is 1690. The maximum Gasteiger partial charge on any atom is 0.348 e. The van der Waals surface area contributed by atoms with Crippen LogP contribution >= 0.6 is 23.1 Å². The molecule has 0 spiro atoms. The molecular formula is C31H32FN5O6S2. The minimum absolute atomic E-state index is 0.0395. The van der Waals surface area contributed by atoms with Crippen molar-refractivity contribution in [2.45, 2.75) is 51.2 Å². The van der Waals surface area contributed by atoms with Crippen LogP contribution in [0.15, 0.2) is 59.8 Å². The molecule has 4 aromatic rings. The Morgan fingerprint density at radius 1 is 0.978 bits per heavy atom. The Labute approximate surface area is 267 Å². The minimum atomic E-state index is -0.729. The van der Waals surface area contributed by atoms with Gasteiger partial charge in [-0.2, -0.15) is 0 Å². The van der Waals surface area contributed by atoms with Gasteiger partial charge in [0.05, 0.1) is 42.7 Å². The first-order chi connectivity index (χ1) is 21.6. The molecule has 0 bridgehead atoms. The van der Waals surface area contributed by atoms with Gasteiger partial charge in [0.2, 0.25) is 5.91 Å². The molecule has 14 heteroatoms. The fourth-order valence-electron chi connectivity index (χ4n) is 4.23. The number of hydrogen-bond acceptors (Lipinski definition) is 10. The second-order valence-electron chi connectivity index (χ2n) is 9.58. The molecule has 2 N–H and O–H groups in total. The highest BCUT2D eigenvalue weighted by molar-refractivity contribution is 8.00. The molecule has 236 valence electrons. The molecule has 2 aromatic heterocycles. The van der Waals surface area contributed by atoms with Crippen molar-refractivity contribution in [2.24, 2.45) is 0 Å². The van der Waals surface area contributed by atoms with Crippen molar-refractivity contribution < 1.29 is 33.0 Å². The number of hydrogen-bond donors (Lipinski definition) is 2. The zero-order valence-corrected chi connectivity index (χ0v) is 26.7. The summed E-state index contributed by atoms with van der Waals surface area (Å²) in [5, 5.41) is 13.8. The Balaban J connectivity index is 1.56. The van der Waals surface area contributed by atoms with E-state index < -0.39 is 34.8 Å². The molecule has 2 heterocycles. The van der Waals surface area contributed by atoms with Gasteiger partial charge in [0.15, 0.2) is 11.0 Å². The lowest BCUT2D eigenvalue weighted by Crippen LogP contribution is -2.26. The molecule has 0 aliphatic rings. The fraction of sp³-hybridized carbons (Fsp3) is 0.290. The van der Waals surface area contributed by atoms with Crippen LogP contribution in [0, 0.1) is 12.7 Å². The summed E-state index contributed by atoms with van der Waals surface area (Å²) in [6, 6.07) is 15.2. The van der Waals surface area contributed by atoms with Crippen LogP contribution in [0.2, 0.25) is 0 Å². The van der Waals surface area contributed by atoms with Crippen LogP contribution in [0.5, 0.6) is 0 Å². The van der Waals surface area contributed by atoms with Crippen LogP contribution in [0.25, 0.3) is 0 Å². The topological polar surface area (TPSA) is 142 Å². The van der Waals surface area contributed by atoms with E-state index in [0.29, 0.717) is 23.1 Å². The number of carbonyl (C=O) groups excluding carboxylic acids is 4. The number of rotatable bonds is 13. The van der Waals surface area contributed by atoms with Crippen LogP contribution in [-0.4, -0.2) is 57.0 Å². The fourth-order valence-corrected chi connectivity index (χ4v) is 6.19. The number of benzene rings is 2. The van der Waals surface area contributed by atoms with Gasteiger partial charge in [-0.1, -0.05) is 54.2 Å². The van der Waals surface area contributed by atoms with Crippen molar-refractivity contribution in [1.82, 2.24) is 20.1 Å². The summed E-state index contributed by atoms with van der Waals surface area (Å²) in [5.41, 5.74) is 1.29. The third kappa shape index (κ3) is 8.13. The molecular weight excluding hydrogens is 622 g/mol. The second-order valence-corrected chi connectivity index (χ2v) is 11.9. The molecule has 0 radical (unpaired) electrons. The molecule has 1 atom stereocenters. The Morgan fingerprint density at radius 2 is 1.64 bits per heavy atom. The summed E-state index contributed by atoms with van der Waals surface area (Å²) in [6.07, 6.45) is 0. The first kappa shape index (κ1) is 33.3. The van der Waals surface area contributed by atoms with E-state index in [1.165, 1.54) is 18.2 Å². The molecule has 4 rings (SSSR count). The van der Waals surface area contributed by atoms with E-state index in [1.807, 2.05) is 30.3 Å². The maximum atomic E-state index is 14.1.